The number of nitrogen functional groups attached to an aromatic ring is 1. The van der Waals surface area contributed by atoms with Crippen molar-refractivity contribution in [3.63, 3.8) is 0 Å². The minimum atomic E-state index is -0.658. The fourth-order valence-corrected chi connectivity index (χ4v) is 2.13. The summed E-state index contributed by atoms with van der Waals surface area (Å²) < 4.78 is 5.54. The first kappa shape index (κ1) is 14.2. The molecule has 8 heteroatoms. The predicted octanol–water partition coefficient (Wildman–Crippen LogP) is 0.871. The highest BCUT2D eigenvalue weighted by molar-refractivity contribution is 5.98. The molecule has 2 heterocycles. The van der Waals surface area contributed by atoms with E-state index in [1.165, 1.54) is 6.07 Å². The van der Waals surface area contributed by atoms with Crippen molar-refractivity contribution in [3.8, 4) is 0 Å². The summed E-state index contributed by atoms with van der Waals surface area (Å²) in [6.45, 7) is 2.86. The van der Waals surface area contributed by atoms with Crippen LogP contribution in [0, 0.1) is 10.1 Å². The molecule has 0 bridgehead atoms. The lowest BCUT2D eigenvalue weighted by atomic mass is 10.0. The van der Waals surface area contributed by atoms with Gasteiger partial charge in [-0.2, -0.15) is 0 Å². The van der Waals surface area contributed by atoms with Gasteiger partial charge in [-0.25, -0.2) is 4.98 Å². The van der Waals surface area contributed by atoms with E-state index in [1.54, 1.807) is 0 Å². The lowest BCUT2D eigenvalue weighted by molar-refractivity contribution is -0.385. The molecule has 0 aromatic carbocycles. The monoisotopic (exact) mass is 280 g/mol. The predicted molar refractivity (Wildman–Crippen MR) is 71.2 cm³/mol. The Labute approximate surface area is 115 Å². The first-order valence-corrected chi connectivity index (χ1v) is 6.23. The van der Waals surface area contributed by atoms with Crippen molar-refractivity contribution in [2.75, 3.05) is 18.9 Å². The SMILES string of the molecule is CC1(CNC(=O)c2cc(N)ncc2[N+](=O)[O-])CCCO1. The number of carbonyl (C=O) groups excluding carboxylic acids is 1. The number of pyridine rings is 1. The van der Waals surface area contributed by atoms with Crippen LogP contribution < -0.4 is 11.1 Å². The molecule has 1 atom stereocenters. The lowest BCUT2D eigenvalue weighted by Gasteiger charge is -2.23. The van der Waals surface area contributed by atoms with Gasteiger partial charge < -0.3 is 15.8 Å². The van der Waals surface area contributed by atoms with Crippen LogP contribution in [-0.2, 0) is 4.74 Å². The Morgan fingerprint density at radius 2 is 2.45 bits per heavy atom. The van der Waals surface area contributed by atoms with E-state index < -0.39 is 16.4 Å². The molecule has 0 radical (unpaired) electrons. The molecule has 2 rings (SSSR count). The summed E-state index contributed by atoms with van der Waals surface area (Å²) >= 11 is 0. The molecule has 1 aliphatic heterocycles. The third-order valence-electron chi connectivity index (χ3n) is 3.27. The summed E-state index contributed by atoms with van der Waals surface area (Å²) in [5.41, 5.74) is 4.60. The molecule has 1 aromatic rings. The molecule has 1 saturated heterocycles. The molecule has 108 valence electrons. The number of hydrogen-bond donors (Lipinski definition) is 2. The average Bonchev–Trinajstić information content (AvgIpc) is 2.83. The van der Waals surface area contributed by atoms with E-state index in [0.29, 0.717) is 13.2 Å². The molecule has 0 spiro atoms. The molecule has 3 N–H and O–H groups in total. The van der Waals surface area contributed by atoms with Gasteiger partial charge in [-0.1, -0.05) is 0 Å². The maximum absolute atomic E-state index is 12.1. The fraction of sp³-hybridized carbons (Fsp3) is 0.500. The summed E-state index contributed by atoms with van der Waals surface area (Å²) in [4.78, 5) is 25.9. The van der Waals surface area contributed by atoms with Crippen LogP contribution in [0.2, 0.25) is 0 Å². The number of anilines is 1. The fourth-order valence-electron chi connectivity index (χ4n) is 2.13. The number of nitro groups is 1. The van der Waals surface area contributed by atoms with E-state index in [-0.39, 0.29) is 17.1 Å². The number of aromatic nitrogens is 1. The van der Waals surface area contributed by atoms with Crippen molar-refractivity contribution in [1.29, 1.82) is 0 Å². The molecular formula is C12H16N4O4. The van der Waals surface area contributed by atoms with Crippen LogP contribution in [0.25, 0.3) is 0 Å². The second-order valence-corrected chi connectivity index (χ2v) is 4.97. The van der Waals surface area contributed by atoms with Gasteiger partial charge in [-0.05, 0) is 25.8 Å². The van der Waals surface area contributed by atoms with Crippen LogP contribution in [0.5, 0.6) is 0 Å². The number of nitrogens with one attached hydrogen (secondary N) is 1. The van der Waals surface area contributed by atoms with E-state index in [1.807, 2.05) is 6.92 Å². The maximum Gasteiger partial charge on any atom is 0.300 e. The largest absolute Gasteiger partial charge is 0.384 e. The topological polar surface area (TPSA) is 120 Å². The summed E-state index contributed by atoms with van der Waals surface area (Å²) in [6.07, 6.45) is 2.76. The van der Waals surface area contributed by atoms with Gasteiger partial charge in [0.1, 0.15) is 17.6 Å². The van der Waals surface area contributed by atoms with Gasteiger partial charge in [0.15, 0.2) is 0 Å². The van der Waals surface area contributed by atoms with Crippen LogP contribution >= 0.6 is 0 Å². The highest BCUT2D eigenvalue weighted by Gasteiger charge is 2.31. The molecule has 1 fully saturated rings. The molecule has 1 amide bonds. The van der Waals surface area contributed by atoms with E-state index in [9.17, 15) is 14.9 Å². The smallest absolute Gasteiger partial charge is 0.300 e. The van der Waals surface area contributed by atoms with Crippen molar-refractivity contribution in [2.24, 2.45) is 0 Å². The summed E-state index contributed by atoms with van der Waals surface area (Å²) in [7, 11) is 0. The highest BCUT2D eigenvalue weighted by atomic mass is 16.6. The van der Waals surface area contributed by atoms with Gasteiger partial charge in [0.25, 0.3) is 11.6 Å². The third kappa shape index (κ3) is 3.02. The van der Waals surface area contributed by atoms with Gasteiger partial charge in [-0.15, -0.1) is 0 Å². The van der Waals surface area contributed by atoms with Gasteiger partial charge in [0.2, 0.25) is 0 Å². The molecule has 8 nitrogen and oxygen atoms in total. The number of hydrogen-bond acceptors (Lipinski definition) is 6. The Morgan fingerprint density at radius 1 is 1.70 bits per heavy atom. The zero-order valence-electron chi connectivity index (χ0n) is 11.1. The number of amides is 1. The first-order chi connectivity index (χ1) is 9.41. The molecule has 20 heavy (non-hydrogen) atoms. The number of rotatable bonds is 4. The molecule has 0 saturated carbocycles. The Kier molecular flexibility index (Phi) is 3.84. The Morgan fingerprint density at radius 3 is 3.05 bits per heavy atom. The van der Waals surface area contributed by atoms with Crippen molar-refractivity contribution < 1.29 is 14.5 Å². The van der Waals surface area contributed by atoms with E-state index in [2.05, 4.69) is 10.3 Å². The van der Waals surface area contributed by atoms with Crippen LogP contribution in [0.3, 0.4) is 0 Å². The second-order valence-electron chi connectivity index (χ2n) is 4.97. The summed E-state index contributed by atoms with van der Waals surface area (Å²) in [5, 5.41) is 13.5. The first-order valence-electron chi connectivity index (χ1n) is 6.23. The molecule has 0 aliphatic carbocycles. The standard InChI is InChI=1S/C12H16N4O4/c1-12(3-2-4-20-12)7-15-11(17)8-5-10(13)14-6-9(8)16(18)19/h5-6H,2-4,7H2,1H3,(H2,13,14)(H,15,17). The zero-order valence-corrected chi connectivity index (χ0v) is 11.1. The maximum atomic E-state index is 12.1. The van der Waals surface area contributed by atoms with Gasteiger partial charge in [-0.3, -0.25) is 14.9 Å². The number of nitrogens with two attached hydrogens (primary N) is 1. The Hall–Kier alpha value is -2.22. The Bertz CT molecular complexity index is 540. The minimum absolute atomic E-state index is 0.0593. The normalized spacial score (nSPS) is 21.6. The highest BCUT2D eigenvalue weighted by Crippen LogP contribution is 2.24. The molecule has 1 aliphatic rings. The number of ether oxygens (including phenoxy) is 1. The van der Waals surface area contributed by atoms with Crippen molar-refractivity contribution in [3.05, 3.63) is 27.9 Å². The van der Waals surface area contributed by atoms with Gasteiger partial charge in [0.05, 0.1) is 10.5 Å². The van der Waals surface area contributed by atoms with E-state index in [4.69, 9.17) is 10.5 Å². The molecular weight excluding hydrogens is 264 g/mol. The second kappa shape index (κ2) is 5.41. The van der Waals surface area contributed by atoms with Crippen LogP contribution in [0.1, 0.15) is 30.1 Å². The van der Waals surface area contributed by atoms with Crippen LogP contribution in [-0.4, -0.2) is 34.6 Å². The summed E-state index contributed by atoms with van der Waals surface area (Å²) in [6, 6.07) is 1.20. The third-order valence-corrected chi connectivity index (χ3v) is 3.27. The van der Waals surface area contributed by atoms with Crippen LogP contribution in [0.4, 0.5) is 11.5 Å². The van der Waals surface area contributed by atoms with Crippen molar-refractivity contribution in [1.82, 2.24) is 10.3 Å². The molecule has 1 unspecified atom stereocenters. The van der Waals surface area contributed by atoms with Gasteiger partial charge in [0, 0.05) is 13.2 Å². The quantitative estimate of drug-likeness (QED) is 0.623. The molecule has 1 aromatic heterocycles. The lowest BCUT2D eigenvalue weighted by Crippen LogP contribution is -2.40. The summed E-state index contributed by atoms with van der Waals surface area (Å²) in [5.74, 6) is -0.494. The average molecular weight is 280 g/mol. The Balaban J connectivity index is 2.12. The number of nitrogens with zero attached hydrogens (tertiary/aromatic N) is 2. The van der Waals surface area contributed by atoms with Gasteiger partial charge >= 0.3 is 0 Å². The number of carbonyl (C=O) groups is 1. The minimum Gasteiger partial charge on any atom is -0.384 e. The van der Waals surface area contributed by atoms with Crippen molar-refractivity contribution in [2.45, 2.75) is 25.4 Å². The van der Waals surface area contributed by atoms with Crippen molar-refractivity contribution >= 4 is 17.4 Å². The van der Waals surface area contributed by atoms with E-state index in [0.717, 1.165) is 19.0 Å². The zero-order chi connectivity index (χ0) is 14.8. The van der Waals surface area contributed by atoms with Crippen LogP contribution in [0.15, 0.2) is 12.3 Å². The van der Waals surface area contributed by atoms with E-state index >= 15 is 0 Å².